The molecule has 2 aliphatic rings. The lowest BCUT2D eigenvalue weighted by Gasteiger charge is -2.24. The highest BCUT2D eigenvalue weighted by atomic mass is 16.1. The molecule has 11 heavy (non-hydrogen) atoms. The molecule has 0 spiro atoms. The van der Waals surface area contributed by atoms with Crippen LogP contribution < -0.4 is 5.32 Å². The SMILES string of the molecule is CCC1(C2CC2)CNC(=O)C1. The molecule has 2 nitrogen and oxygen atoms in total. The minimum absolute atomic E-state index is 0.263. The molecule has 1 heterocycles. The van der Waals surface area contributed by atoms with E-state index in [1.165, 1.54) is 12.8 Å². The van der Waals surface area contributed by atoms with Crippen LogP contribution in [0.1, 0.15) is 32.6 Å². The average molecular weight is 153 g/mol. The summed E-state index contributed by atoms with van der Waals surface area (Å²) >= 11 is 0. The van der Waals surface area contributed by atoms with Crippen molar-refractivity contribution in [1.82, 2.24) is 5.32 Å². The first-order valence-corrected chi connectivity index (χ1v) is 4.53. The summed E-state index contributed by atoms with van der Waals surface area (Å²) in [6.07, 6.45) is 4.65. The van der Waals surface area contributed by atoms with Gasteiger partial charge in [0.15, 0.2) is 0 Å². The first kappa shape index (κ1) is 7.14. The molecule has 0 aromatic carbocycles. The van der Waals surface area contributed by atoms with Crippen LogP contribution in [0, 0.1) is 11.3 Å². The van der Waals surface area contributed by atoms with Crippen molar-refractivity contribution in [3.63, 3.8) is 0 Å². The third-order valence-corrected chi connectivity index (χ3v) is 3.30. The van der Waals surface area contributed by atoms with E-state index in [1.807, 2.05) is 0 Å². The van der Waals surface area contributed by atoms with Gasteiger partial charge in [-0.25, -0.2) is 0 Å². The molecule has 1 aliphatic heterocycles. The van der Waals surface area contributed by atoms with Gasteiger partial charge in [-0.15, -0.1) is 0 Å². The van der Waals surface area contributed by atoms with Gasteiger partial charge >= 0.3 is 0 Å². The topological polar surface area (TPSA) is 29.1 Å². The lowest BCUT2D eigenvalue weighted by Crippen LogP contribution is -2.25. The van der Waals surface area contributed by atoms with Crippen LogP contribution in [0.5, 0.6) is 0 Å². The number of rotatable bonds is 2. The molecule has 1 saturated heterocycles. The Morgan fingerprint density at radius 3 is 2.73 bits per heavy atom. The molecule has 1 unspecified atom stereocenters. The van der Waals surface area contributed by atoms with Gasteiger partial charge in [-0.2, -0.15) is 0 Å². The van der Waals surface area contributed by atoms with E-state index in [2.05, 4.69) is 12.2 Å². The van der Waals surface area contributed by atoms with Gasteiger partial charge in [-0.1, -0.05) is 6.92 Å². The zero-order valence-corrected chi connectivity index (χ0v) is 7.02. The van der Waals surface area contributed by atoms with Crippen LogP contribution in [-0.2, 0) is 4.79 Å². The van der Waals surface area contributed by atoms with Crippen molar-refractivity contribution in [3.8, 4) is 0 Å². The van der Waals surface area contributed by atoms with E-state index in [-0.39, 0.29) is 5.91 Å². The first-order chi connectivity index (χ1) is 5.27. The number of hydrogen-bond acceptors (Lipinski definition) is 1. The van der Waals surface area contributed by atoms with Crippen molar-refractivity contribution >= 4 is 5.91 Å². The second-order valence-electron chi connectivity index (χ2n) is 3.94. The second kappa shape index (κ2) is 2.23. The Morgan fingerprint density at radius 1 is 1.64 bits per heavy atom. The molecule has 1 N–H and O–H groups in total. The van der Waals surface area contributed by atoms with Crippen molar-refractivity contribution in [1.29, 1.82) is 0 Å². The number of nitrogens with one attached hydrogen (secondary N) is 1. The quantitative estimate of drug-likeness (QED) is 0.636. The van der Waals surface area contributed by atoms with Crippen LogP contribution in [-0.4, -0.2) is 12.5 Å². The maximum absolute atomic E-state index is 11.0. The summed E-state index contributed by atoms with van der Waals surface area (Å²) in [5, 5.41) is 2.94. The minimum Gasteiger partial charge on any atom is -0.356 e. The molecule has 1 atom stereocenters. The Hall–Kier alpha value is -0.530. The normalized spacial score (nSPS) is 37.4. The van der Waals surface area contributed by atoms with Crippen LogP contribution in [0.15, 0.2) is 0 Å². The Balaban J connectivity index is 2.10. The van der Waals surface area contributed by atoms with Crippen molar-refractivity contribution in [2.75, 3.05) is 6.54 Å². The van der Waals surface area contributed by atoms with E-state index in [4.69, 9.17) is 0 Å². The Kier molecular flexibility index (Phi) is 1.44. The predicted octanol–water partition coefficient (Wildman–Crippen LogP) is 1.31. The summed E-state index contributed by atoms with van der Waals surface area (Å²) in [5.74, 6) is 1.12. The van der Waals surface area contributed by atoms with Gasteiger partial charge in [0.2, 0.25) is 5.91 Å². The standard InChI is InChI=1S/C9H15NO/c1-2-9(7-3-4-7)5-8(11)10-6-9/h7H,2-6H2,1H3,(H,10,11). The summed E-state index contributed by atoms with van der Waals surface area (Å²) in [4.78, 5) is 11.0. The molecule has 0 aromatic rings. The van der Waals surface area contributed by atoms with Gasteiger partial charge in [-0.05, 0) is 30.6 Å². The van der Waals surface area contributed by atoms with Crippen LogP contribution in [0.25, 0.3) is 0 Å². The molecule has 1 saturated carbocycles. The molecular weight excluding hydrogens is 138 g/mol. The van der Waals surface area contributed by atoms with Crippen LogP contribution >= 0.6 is 0 Å². The van der Waals surface area contributed by atoms with E-state index in [1.54, 1.807) is 0 Å². The number of carbonyl (C=O) groups is 1. The smallest absolute Gasteiger partial charge is 0.220 e. The van der Waals surface area contributed by atoms with Crippen molar-refractivity contribution in [2.45, 2.75) is 32.6 Å². The summed E-state index contributed by atoms with van der Waals surface area (Å²) in [6, 6.07) is 0. The van der Waals surface area contributed by atoms with E-state index >= 15 is 0 Å². The summed E-state index contributed by atoms with van der Waals surface area (Å²) in [7, 11) is 0. The fraction of sp³-hybridized carbons (Fsp3) is 0.889. The molecule has 1 aliphatic carbocycles. The fourth-order valence-electron chi connectivity index (χ4n) is 2.24. The van der Waals surface area contributed by atoms with Crippen molar-refractivity contribution in [3.05, 3.63) is 0 Å². The minimum atomic E-state index is 0.263. The van der Waals surface area contributed by atoms with Gasteiger partial charge in [0.25, 0.3) is 0 Å². The second-order valence-corrected chi connectivity index (χ2v) is 3.94. The molecular formula is C9H15NO. The maximum atomic E-state index is 11.0. The highest BCUT2D eigenvalue weighted by Crippen LogP contribution is 2.51. The van der Waals surface area contributed by atoms with Crippen LogP contribution in [0.3, 0.4) is 0 Å². The van der Waals surface area contributed by atoms with E-state index < -0.39 is 0 Å². The Morgan fingerprint density at radius 2 is 2.36 bits per heavy atom. The predicted molar refractivity (Wildman–Crippen MR) is 43.1 cm³/mol. The number of carbonyl (C=O) groups excluding carboxylic acids is 1. The summed E-state index contributed by atoms with van der Waals surface area (Å²) in [6.45, 7) is 3.14. The largest absolute Gasteiger partial charge is 0.356 e. The van der Waals surface area contributed by atoms with Gasteiger partial charge in [0.05, 0.1) is 0 Å². The molecule has 2 rings (SSSR count). The maximum Gasteiger partial charge on any atom is 0.220 e. The van der Waals surface area contributed by atoms with Gasteiger partial charge < -0.3 is 5.32 Å². The fourth-order valence-corrected chi connectivity index (χ4v) is 2.24. The molecule has 2 heteroatoms. The summed E-state index contributed by atoms with van der Waals surface area (Å²) < 4.78 is 0. The highest BCUT2D eigenvalue weighted by Gasteiger charge is 2.48. The Labute approximate surface area is 67.4 Å². The third-order valence-electron chi connectivity index (χ3n) is 3.30. The molecule has 1 amide bonds. The van der Waals surface area contributed by atoms with Crippen LogP contribution in [0.2, 0.25) is 0 Å². The zero-order valence-electron chi connectivity index (χ0n) is 7.02. The lowest BCUT2D eigenvalue weighted by atomic mass is 9.79. The van der Waals surface area contributed by atoms with Crippen molar-refractivity contribution in [2.24, 2.45) is 11.3 Å². The van der Waals surface area contributed by atoms with Gasteiger partial charge in [-0.3, -0.25) is 4.79 Å². The highest BCUT2D eigenvalue weighted by molar-refractivity contribution is 5.79. The average Bonchev–Trinajstić information content (AvgIpc) is 2.77. The summed E-state index contributed by atoms with van der Waals surface area (Å²) in [5.41, 5.74) is 0.358. The Bertz CT molecular complexity index is 186. The van der Waals surface area contributed by atoms with Gasteiger partial charge in [0, 0.05) is 13.0 Å². The van der Waals surface area contributed by atoms with E-state index in [9.17, 15) is 4.79 Å². The van der Waals surface area contributed by atoms with E-state index in [0.717, 1.165) is 25.3 Å². The number of hydrogen-bond donors (Lipinski definition) is 1. The molecule has 62 valence electrons. The van der Waals surface area contributed by atoms with E-state index in [0.29, 0.717) is 5.41 Å². The van der Waals surface area contributed by atoms with Crippen molar-refractivity contribution < 1.29 is 4.79 Å². The molecule has 0 aromatic heterocycles. The number of amides is 1. The zero-order chi connectivity index (χ0) is 7.90. The molecule has 0 radical (unpaired) electrons. The monoisotopic (exact) mass is 153 g/mol. The first-order valence-electron chi connectivity index (χ1n) is 4.53. The third kappa shape index (κ3) is 1.05. The van der Waals surface area contributed by atoms with Crippen LogP contribution in [0.4, 0.5) is 0 Å². The molecule has 0 bridgehead atoms. The lowest BCUT2D eigenvalue weighted by molar-refractivity contribution is -0.119. The molecule has 2 fully saturated rings. The van der Waals surface area contributed by atoms with Gasteiger partial charge in [0.1, 0.15) is 0 Å².